The molecule has 0 aliphatic carbocycles. The zero-order valence-electron chi connectivity index (χ0n) is 12.6. The van der Waals surface area contributed by atoms with Crippen molar-refractivity contribution in [3.63, 3.8) is 0 Å². The number of hydrogen-bond donors (Lipinski definition) is 2. The van der Waals surface area contributed by atoms with Gasteiger partial charge in [-0.3, -0.25) is 0 Å². The zero-order valence-corrected chi connectivity index (χ0v) is 14.2. The van der Waals surface area contributed by atoms with E-state index in [9.17, 15) is 8.42 Å². The molecule has 0 radical (unpaired) electrons. The molecule has 21 heavy (non-hydrogen) atoms. The Morgan fingerprint density at radius 2 is 2.05 bits per heavy atom. The first-order chi connectivity index (χ1) is 9.86. The Bertz CT molecular complexity index is 547. The molecule has 7 heteroatoms. The summed E-state index contributed by atoms with van der Waals surface area (Å²) in [5.41, 5.74) is 0.873. The molecule has 0 aliphatic rings. The molecule has 1 rings (SSSR count). The fourth-order valence-electron chi connectivity index (χ4n) is 1.66. The minimum Gasteiger partial charge on any atom is -0.380 e. The van der Waals surface area contributed by atoms with Crippen molar-refractivity contribution < 1.29 is 13.2 Å². The summed E-state index contributed by atoms with van der Waals surface area (Å²) in [6, 6.07) is 5.35. The number of ether oxygens (including phenoxy) is 1. The molecule has 0 saturated heterocycles. The Labute approximate surface area is 132 Å². The predicted octanol–water partition coefficient (Wildman–Crippen LogP) is 2.15. The Morgan fingerprint density at radius 3 is 2.67 bits per heavy atom. The van der Waals surface area contributed by atoms with Crippen LogP contribution in [0.2, 0.25) is 5.02 Å². The van der Waals surface area contributed by atoms with Crippen LogP contribution in [0.15, 0.2) is 23.1 Å². The van der Waals surface area contributed by atoms with E-state index in [0.717, 1.165) is 5.56 Å². The zero-order chi connectivity index (χ0) is 15.9. The predicted molar refractivity (Wildman–Crippen MR) is 85.1 cm³/mol. The van der Waals surface area contributed by atoms with Crippen molar-refractivity contribution in [3.05, 3.63) is 28.8 Å². The number of rotatable bonds is 9. The fourth-order valence-corrected chi connectivity index (χ4v) is 3.22. The smallest absolute Gasteiger partial charge is 0.242 e. The molecule has 0 fully saturated rings. The molecule has 120 valence electrons. The average Bonchev–Trinajstić information content (AvgIpc) is 2.42. The van der Waals surface area contributed by atoms with Crippen molar-refractivity contribution in [2.24, 2.45) is 0 Å². The van der Waals surface area contributed by atoms with Gasteiger partial charge < -0.3 is 10.1 Å². The van der Waals surface area contributed by atoms with Crippen LogP contribution in [0, 0.1) is 0 Å². The largest absolute Gasteiger partial charge is 0.380 e. The van der Waals surface area contributed by atoms with Crippen LogP contribution in [-0.2, 0) is 21.3 Å². The van der Waals surface area contributed by atoms with E-state index in [1.807, 2.05) is 26.8 Å². The molecule has 0 bridgehead atoms. The SMILES string of the molecule is CCOCCNS(=O)(=O)c1cc(CNC(C)C)ccc1Cl. The van der Waals surface area contributed by atoms with E-state index in [1.54, 1.807) is 12.1 Å². The third kappa shape index (κ3) is 6.32. The highest BCUT2D eigenvalue weighted by Crippen LogP contribution is 2.22. The van der Waals surface area contributed by atoms with Crippen LogP contribution in [0.5, 0.6) is 0 Å². The monoisotopic (exact) mass is 334 g/mol. The number of hydrogen-bond acceptors (Lipinski definition) is 4. The molecule has 0 amide bonds. The lowest BCUT2D eigenvalue weighted by atomic mass is 10.2. The second kappa shape index (κ2) is 8.70. The maximum Gasteiger partial charge on any atom is 0.242 e. The van der Waals surface area contributed by atoms with E-state index in [0.29, 0.717) is 25.8 Å². The number of sulfonamides is 1. The van der Waals surface area contributed by atoms with Crippen molar-refractivity contribution in [2.45, 2.75) is 38.3 Å². The standard InChI is InChI=1S/C14H23ClN2O3S/c1-4-20-8-7-17-21(18,19)14-9-12(5-6-13(14)15)10-16-11(2)3/h5-6,9,11,16-17H,4,7-8,10H2,1-3H3. The fraction of sp³-hybridized carbons (Fsp3) is 0.571. The normalized spacial score (nSPS) is 12.0. The van der Waals surface area contributed by atoms with Crippen LogP contribution >= 0.6 is 11.6 Å². The lowest BCUT2D eigenvalue weighted by molar-refractivity contribution is 0.153. The lowest BCUT2D eigenvalue weighted by Gasteiger charge is -2.12. The van der Waals surface area contributed by atoms with Crippen LogP contribution in [-0.4, -0.2) is 34.2 Å². The molecule has 1 aromatic carbocycles. The molecular weight excluding hydrogens is 312 g/mol. The highest BCUT2D eigenvalue weighted by atomic mass is 35.5. The van der Waals surface area contributed by atoms with E-state index in [2.05, 4.69) is 10.0 Å². The molecular formula is C14H23ClN2O3S. The summed E-state index contributed by atoms with van der Waals surface area (Å²) in [7, 11) is -3.62. The summed E-state index contributed by atoms with van der Waals surface area (Å²) < 4.78 is 32.1. The number of nitrogens with one attached hydrogen (secondary N) is 2. The topological polar surface area (TPSA) is 67.4 Å². The third-order valence-corrected chi connectivity index (χ3v) is 4.68. The summed E-state index contributed by atoms with van der Waals surface area (Å²) in [5, 5.41) is 3.46. The van der Waals surface area contributed by atoms with Gasteiger partial charge in [0.15, 0.2) is 0 Å². The van der Waals surface area contributed by atoms with E-state index < -0.39 is 10.0 Å². The van der Waals surface area contributed by atoms with Crippen molar-refractivity contribution in [2.75, 3.05) is 19.8 Å². The van der Waals surface area contributed by atoms with Gasteiger partial charge in [0.25, 0.3) is 0 Å². The molecule has 0 spiro atoms. The van der Waals surface area contributed by atoms with Gasteiger partial charge in [0, 0.05) is 25.7 Å². The van der Waals surface area contributed by atoms with E-state index in [4.69, 9.17) is 16.3 Å². The van der Waals surface area contributed by atoms with E-state index >= 15 is 0 Å². The van der Waals surface area contributed by atoms with Gasteiger partial charge in [0.1, 0.15) is 4.90 Å². The molecule has 0 aliphatic heterocycles. The van der Waals surface area contributed by atoms with Crippen molar-refractivity contribution >= 4 is 21.6 Å². The van der Waals surface area contributed by atoms with Gasteiger partial charge in [-0.1, -0.05) is 31.5 Å². The second-order valence-electron chi connectivity index (χ2n) is 4.90. The van der Waals surface area contributed by atoms with Crippen LogP contribution in [0.1, 0.15) is 26.3 Å². The van der Waals surface area contributed by atoms with Crippen molar-refractivity contribution in [1.82, 2.24) is 10.0 Å². The molecule has 0 saturated carbocycles. The van der Waals surface area contributed by atoms with Crippen LogP contribution in [0.3, 0.4) is 0 Å². The molecule has 0 unspecified atom stereocenters. The quantitative estimate of drug-likeness (QED) is 0.679. The maximum atomic E-state index is 12.2. The van der Waals surface area contributed by atoms with Crippen molar-refractivity contribution in [3.8, 4) is 0 Å². The Balaban J connectivity index is 2.81. The summed E-state index contributed by atoms with van der Waals surface area (Å²) in [4.78, 5) is 0.101. The molecule has 5 nitrogen and oxygen atoms in total. The first-order valence-corrected chi connectivity index (χ1v) is 8.82. The van der Waals surface area contributed by atoms with Gasteiger partial charge in [0.2, 0.25) is 10.0 Å². The van der Waals surface area contributed by atoms with Crippen LogP contribution in [0.4, 0.5) is 0 Å². The van der Waals surface area contributed by atoms with Crippen molar-refractivity contribution in [1.29, 1.82) is 0 Å². The molecule has 0 heterocycles. The summed E-state index contributed by atoms with van der Waals surface area (Å²) in [6.45, 7) is 7.63. The molecule has 0 aromatic heterocycles. The van der Waals surface area contributed by atoms with Gasteiger partial charge in [-0.25, -0.2) is 13.1 Å². The number of halogens is 1. The Morgan fingerprint density at radius 1 is 1.33 bits per heavy atom. The average molecular weight is 335 g/mol. The minimum atomic E-state index is -3.62. The Hall–Kier alpha value is -0.660. The minimum absolute atomic E-state index is 0.101. The summed E-state index contributed by atoms with van der Waals surface area (Å²) >= 11 is 6.01. The summed E-state index contributed by atoms with van der Waals surface area (Å²) in [6.07, 6.45) is 0. The Kier molecular flexibility index (Phi) is 7.62. The highest BCUT2D eigenvalue weighted by Gasteiger charge is 2.18. The third-order valence-electron chi connectivity index (χ3n) is 2.74. The highest BCUT2D eigenvalue weighted by molar-refractivity contribution is 7.89. The first kappa shape index (κ1) is 18.4. The van der Waals surface area contributed by atoms with Crippen LogP contribution in [0.25, 0.3) is 0 Å². The van der Waals surface area contributed by atoms with Gasteiger partial charge in [-0.05, 0) is 24.6 Å². The van der Waals surface area contributed by atoms with Crippen LogP contribution < -0.4 is 10.0 Å². The first-order valence-electron chi connectivity index (χ1n) is 6.96. The molecule has 2 N–H and O–H groups in total. The molecule has 0 atom stereocenters. The van der Waals surface area contributed by atoms with E-state index in [-0.39, 0.29) is 16.5 Å². The van der Waals surface area contributed by atoms with Gasteiger partial charge >= 0.3 is 0 Å². The van der Waals surface area contributed by atoms with Gasteiger partial charge in [-0.15, -0.1) is 0 Å². The van der Waals surface area contributed by atoms with E-state index in [1.165, 1.54) is 0 Å². The molecule has 1 aromatic rings. The second-order valence-corrected chi connectivity index (χ2v) is 7.04. The van der Waals surface area contributed by atoms with Gasteiger partial charge in [-0.2, -0.15) is 0 Å². The maximum absolute atomic E-state index is 12.2. The number of benzene rings is 1. The van der Waals surface area contributed by atoms with Gasteiger partial charge in [0.05, 0.1) is 11.6 Å². The lowest BCUT2D eigenvalue weighted by Crippen LogP contribution is -2.28. The summed E-state index contributed by atoms with van der Waals surface area (Å²) in [5.74, 6) is 0.